The average Bonchev–Trinajstić information content (AvgIpc) is 2.17. The zero-order chi connectivity index (χ0) is 11.3. The highest BCUT2D eigenvalue weighted by Crippen LogP contribution is 2.04. The van der Waals surface area contributed by atoms with E-state index < -0.39 is 0 Å². The van der Waals surface area contributed by atoms with Gasteiger partial charge in [0.25, 0.3) is 0 Å². The number of aromatic nitrogens is 1. The van der Waals surface area contributed by atoms with Gasteiger partial charge in [0.15, 0.2) is 0 Å². The molecule has 1 amide bonds. The van der Waals surface area contributed by atoms with Crippen molar-refractivity contribution in [3.63, 3.8) is 0 Å². The molecule has 2 N–H and O–H groups in total. The lowest BCUT2D eigenvalue weighted by molar-refractivity contribution is -0.116. The molecule has 0 radical (unpaired) electrons. The first kappa shape index (κ1) is 11.7. The van der Waals surface area contributed by atoms with E-state index in [-0.39, 0.29) is 11.9 Å². The predicted octanol–water partition coefficient (Wildman–Crippen LogP) is 1.33. The number of hydrogen-bond donors (Lipinski definition) is 2. The molecule has 1 atom stereocenters. The van der Waals surface area contributed by atoms with Crippen molar-refractivity contribution >= 4 is 11.7 Å². The van der Waals surface area contributed by atoms with E-state index in [0.717, 1.165) is 5.69 Å². The lowest BCUT2D eigenvalue weighted by Crippen LogP contribution is -2.27. The molecule has 0 aliphatic carbocycles. The first-order valence-corrected chi connectivity index (χ1v) is 5.02. The highest BCUT2D eigenvalue weighted by Gasteiger charge is 2.07. The van der Waals surface area contributed by atoms with Crippen LogP contribution in [0.2, 0.25) is 0 Å². The van der Waals surface area contributed by atoms with Gasteiger partial charge in [-0.05, 0) is 33.0 Å². The minimum absolute atomic E-state index is 0.0186. The summed E-state index contributed by atoms with van der Waals surface area (Å²) in [4.78, 5) is 15.7. The summed E-state index contributed by atoms with van der Waals surface area (Å²) >= 11 is 0. The average molecular weight is 207 g/mol. The van der Waals surface area contributed by atoms with Crippen molar-refractivity contribution in [2.75, 3.05) is 12.4 Å². The topological polar surface area (TPSA) is 54.0 Å². The van der Waals surface area contributed by atoms with Crippen LogP contribution in [0, 0.1) is 6.92 Å². The van der Waals surface area contributed by atoms with Crippen LogP contribution >= 0.6 is 0 Å². The van der Waals surface area contributed by atoms with E-state index >= 15 is 0 Å². The van der Waals surface area contributed by atoms with Crippen molar-refractivity contribution in [3.05, 3.63) is 23.9 Å². The zero-order valence-electron chi connectivity index (χ0n) is 9.37. The van der Waals surface area contributed by atoms with Crippen molar-refractivity contribution in [2.45, 2.75) is 26.3 Å². The molecule has 1 aromatic rings. The van der Waals surface area contributed by atoms with Gasteiger partial charge in [-0.25, -0.2) is 4.98 Å². The van der Waals surface area contributed by atoms with E-state index in [2.05, 4.69) is 15.6 Å². The number of carbonyl (C=O) groups excluding carboxylic acids is 1. The molecule has 0 fully saturated rings. The van der Waals surface area contributed by atoms with Gasteiger partial charge in [-0.15, -0.1) is 0 Å². The van der Waals surface area contributed by atoms with E-state index in [1.54, 1.807) is 6.07 Å². The third-order valence-corrected chi connectivity index (χ3v) is 2.14. The molecule has 0 spiro atoms. The second-order valence-electron chi connectivity index (χ2n) is 3.61. The third kappa shape index (κ3) is 4.08. The van der Waals surface area contributed by atoms with Crippen LogP contribution in [-0.4, -0.2) is 24.0 Å². The Kier molecular flexibility index (Phi) is 4.24. The summed E-state index contributed by atoms with van der Waals surface area (Å²) in [5.74, 6) is 0.596. The van der Waals surface area contributed by atoms with Crippen LogP contribution in [0.25, 0.3) is 0 Å². The van der Waals surface area contributed by atoms with Crippen molar-refractivity contribution in [1.29, 1.82) is 0 Å². The fraction of sp³-hybridized carbons (Fsp3) is 0.455. The van der Waals surface area contributed by atoms with Gasteiger partial charge in [-0.2, -0.15) is 0 Å². The van der Waals surface area contributed by atoms with Crippen LogP contribution in [0.15, 0.2) is 18.2 Å². The number of anilines is 1. The molecule has 1 unspecified atom stereocenters. The molecule has 0 saturated carbocycles. The summed E-state index contributed by atoms with van der Waals surface area (Å²) in [5.41, 5.74) is 0.898. The van der Waals surface area contributed by atoms with Crippen molar-refractivity contribution < 1.29 is 4.79 Å². The van der Waals surface area contributed by atoms with E-state index in [0.29, 0.717) is 12.2 Å². The fourth-order valence-electron chi connectivity index (χ4n) is 1.19. The molecule has 0 saturated heterocycles. The largest absolute Gasteiger partial charge is 0.317 e. The standard InChI is InChI=1S/C11H17N3O/c1-8-5-4-6-10(13-8)14-11(15)7-9(2)12-3/h4-6,9,12H,7H2,1-3H3,(H,13,14,15). The number of carbonyl (C=O) groups is 1. The fourth-order valence-corrected chi connectivity index (χ4v) is 1.19. The SMILES string of the molecule is CNC(C)CC(=O)Nc1cccc(C)n1. The molecule has 1 heterocycles. The van der Waals surface area contributed by atoms with Crippen LogP contribution in [0.3, 0.4) is 0 Å². The summed E-state index contributed by atoms with van der Waals surface area (Å²) < 4.78 is 0. The summed E-state index contributed by atoms with van der Waals surface area (Å²) in [7, 11) is 1.84. The highest BCUT2D eigenvalue weighted by atomic mass is 16.1. The Morgan fingerprint density at radius 1 is 1.53 bits per heavy atom. The Morgan fingerprint density at radius 3 is 2.87 bits per heavy atom. The van der Waals surface area contributed by atoms with Gasteiger partial charge in [0, 0.05) is 18.2 Å². The Bertz CT molecular complexity index is 338. The number of hydrogen-bond acceptors (Lipinski definition) is 3. The summed E-state index contributed by atoms with van der Waals surface area (Å²) in [6, 6.07) is 5.73. The minimum Gasteiger partial charge on any atom is -0.317 e. The van der Waals surface area contributed by atoms with Crippen LogP contribution in [-0.2, 0) is 4.79 Å². The van der Waals surface area contributed by atoms with Crippen LogP contribution < -0.4 is 10.6 Å². The van der Waals surface area contributed by atoms with E-state index in [4.69, 9.17) is 0 Å². The molecule has 0 aromatic carbocycles. The van der Waals surface area contributed by atoms with E-state index in [1.165, 1.54) is 0 Å². The number of nitrogens with zero attached hydrogens (tertiary/aromatic N) is 1. The quantitative estimate of drug-likeness (QED) is 0.783. The summed E-state index contributed by atoms with van der Waals surface area (Å²) in [6.07, 6.45) is 0.451. The second kappa shape index (κ2) is 5.46. The predicted molar refractivity (Wildman–Crippen MR) is 60.7 cm³/mol. The van der Waals surface area contributed by atoms with Gasteiger partial charge in [0.1, 0.15) is 5.82 Å². The van der Waals surface area contributed by atoms with E-state index in [1.807, 2.05) is 33.0 Å². The van der Waals surface area contributed by atoms with Gasteiger partial charge in [-0.1, -0.05) is 6.07 Å². The van der Waals surface area contributed by atoms with Gasteiger partial charge in [0.05, 0.1) is 0 Å². The normalized spacial score (nSPS) is 12.2. The number of aryl methyl sites for hydroxylation is 1. The minimum atomic E-state index is -0.0186. The molecule has 0 aliphatic heterocycles. The number of pyridine rings is 1. The van der Waals surface area contributed by atoms with Crippen molar-refractivity contribution in [2.24, 2.45) is 0 Å². The molecule has 4 nitrogen and oxygen atoms in total. The molecule has 0 bridgehead atoms. The maximum atomic E-state index is 11.5. The molecule has 1 rings (SSSR count). The van der Waals surface area contributed by atoms with Gasteiger partial charge in [-0.3, -0.25) is 4.79 Å². The Labute approximate surface area is 90.1 Å². The first-order valence-electron chi connectivity index (χ1n) is 5.02. The Hall–Kier alpha value is -1.42. The molecule has 1 aromatic heterocycles. The highest BCUT2D eigenvalue weighted by molar-refractivity contribution is 5.90. The molecular weight excluding hydrogens is 190 g/mol. The maximum Gasteiger partial charge on any atom is 0.227 e. The molecule has 4 heteroatoms. The molecule has 15 heavy (non-hydrogen) atoms. The van der Waals surface area contributed by atoms with Gasteiger partial charge in [0.2, 0.25) is 5.91 Å². The Balaban J connectivity index is 2.51. The molecular formula is C11H17N3O. The number of amides is 1. The van der Waals surface area contributed by atoms with Crippen LogP contribution in [0.4, 0.5) is 5.82 Å². The molecule has 0 aliphatic rings. The van der Waals surface area contributed by atoms with Crippen LogP contribution in [0.5, 0.6) is 0 Å². The third-order valence-electron chi connectivity index (χ3n) is 2.14. The molecule has 82 valence electrons. The van der Waals surface area contributed by atoms with Crippen molar-refractivity contribution in [1.82, 2.24) is 10.3 Å². The van der Waals surface area contributed by atoms with Crippen LogP contribution in [0.1, 0.15) is 19.0 Å². The number of nitrogens with one attached hydrogen (secondary N) is 2. The maximum absolute atomic E-state index is 11.5. The lowest BCUT2D eigenvalue weighted by Gasteiger charge is -2.09. The van der Waals surface area contributed by atoms with Crippen molar-refractivity contribution in [3.8, 4) is 0 Å². The first-order chi connectivity index (χ1) is 7.11. The number of rotatable bonds is 4. The smallest absolute Gasteiger partial charge is 0.227 e. The summed E-state index contributed by atoms with van der Waals surface area (Å²) in [6.45, 7) is 3.86. The van der Waals surface area contributed by atoms with Gasteiger partial charge >= 0.3 is 0 Å². The Morgan fingerprint density at radius 2 is 2.27 bits per heavy atom. The van der Waals surface area contributed by atoms with Gasteiger partial charge < -0.3 is 10.6 Å². The zero-order valence-corrected chi connectivity index (χ0v) is 9.37. The lowest BCUT2D eigenvalue weighted by atomic mass is 10.2. The van der Waals surface area contributed by atoms with E-state index in [9.17, 15) is 4.79 Å². The summed E-state index contributed by atoms with van der Waals surface area (Å²) in [5, 5.41) is 5.77. The second-order valence-corrected chi connectivity index (χ2v) is 3.61. The monoisotopic (exact) mass is 207 g/mol.